The van der Waals surface area contributed by atoms with E-state index >= 15 is 0 Å². The molecule has 0 radical (unpaired) electrons. The van der Waals surface area contributed by atoms with Gasteiger partial charge >= 0.3 is 6.09 Å². The number of carbonyl (C=O) groups excluding carboxylic acids is 2. The lowest BCUT2D eigenvalue weighted by atomic mass is 10.3. The fourth-order valence-corrected chi connectivity index (χ4v) is 2.67. The third-order valence-electron chi connectivity index (χ3n) is 2.60. The summed E-state index contributed by atoms with van der Waals surface area (Å²) in [5, 5.41) is 4.42. The molecular weight excluding hydrogens is 264 g/mol. The number of amides is 1. The molecule has 5 nitrogen and oxygen atoms in total. The molecule has 19 heavy (non-hydrogen) atoms. The van der Waals surface area contributed by atoms with Crippen molar-refractivity contribution in [2.45, 2.75) is 12.4 Å². The van der Waals surface area contributed by atoms with Crippen molar-refractivity contribution in [3.63, 3.8) is 0 Å². The summed E-state index contributed by atoms with van der Waals surface area (Å²) in [6.45, 7) is 1.49. The van der Waals surface area contributed by atoms with E-state index in [4.69, 9.17) is 4.74 Å². The van der Waals surface area contributed by atoms with Crippen LogP contribution in [0, 0.1) is 0 Å². The highest BCUT2D eigenvalue weighted by atomic mass is 32.2. The highest BCUT2D eigenvalue weighted by Crippen LogP contribution is 2.27. The van der Waals surface area contributed by atoms with E-state index in [1.54, 1.807) is 41.6 Å². The van der Waals surface area contributed by atoms with E-state index in [2.05, 4.69) is 5.32 Å². The van der Waals surface area contributed by atoms with Crippen LogP contribution in [0.5, 0.6) is 5.75 Å². The number of carbonyl (C=O) groups is 2. The van der Waals surface area contributed by atoms with E-state index in [9.17, 15) is 9.59 Å². The molecule has 1 aromatic carbocycles. The smallest absolute Gasteiger partial charge is 0.410 e. The number of nitrogens with one attached hydrogen (secondary N) is 1. The molecule has 1 aromatic rings. The molecule has 1 aliphatic heterocycles. The summed E-state index contributed by atoms with van der Waals surface area (Å²) in [6, 6.07) is 8.81. The number of allylic oxidation sites excluding steroid dienone is 1. The fraction of sp³-hybridized carbons (Fsp3) is 0.231. The lowest BCUT2D eigenvalue weighted by Crippen LogP contribution is -2.43. The van der Waals surface area contributed by atoms with Crippen LogP contribution < -0.4 is 10.1 Å². The maximum Gasteiger partial charge on any atom is 0.414 e. The predicted molar refractivity (Wildman–Crippen MR) is 73.5 cm³/mol. The third kappa shape index (κ3) is 3.29. The molecule has 0 saturated heterocycles. The Morgan fingerprint density at radius 1 is 1.32 bits per heavy atom. The molecule has 6 heteroatoms. The quantitative estimate of drug-likeness (QED) is 0.918. The summed E-state index contributed by atoms with van der Waals surface area (Å²) in [4.78, 5) is 24.7. The fourth-order valence-electron chi connectivity index (χ4n) is 1.62. The van der Waals surface area contributed by atoms with E-state index in [1.807, 2.05) is 6.07 Å². The second kappa shape index (κ2) is 5.79. The summed E-state index contributed by atoms with van der Waals surface area (Å²) in [5.74, 6) is 0.445. The van der Waals surface area contributed by atoms with Crippen molar-refractivity contribution >= 4 is 23.6 Å². The van der Waals surface area contributed by atoms with Gasteiger partial charge in [-0.15, -0.1) is 0 Å². The highest BCUT2D eigenvalue weighted by molar-refractivity contribution is 8.02. The van der Waals surface area contributed by atoms with Gasteiger partial charge in [-0.2, -0.15) is 0 Å². The van der Waals surface area contributed by atoms with Crippen LogP contribution in [0.2, 0.25) is 0 Å². The topological polar surface area (TPSA) is 58.6 Å². The standard InChI is InChI=1S/C13H14N2O3S/c1-9(16)11-8-19-12(15(11)2)14-13(17)18-10-6-4-3-5-7-10/h3-8,12H,1-2H3,(H,14,17). The van der Waals surface area contributed by atoms with Crippen LogP contribution in [0.25, 0.3) is 0 Å². The molecule has 2 rings (SSSR count). The van der Waals surface area contributed by atoms with Gasteiger partial charge in [0, 0.05) is 19.4 Å². The molecule has 1 unspecified atom stereocenters. The van der Waals surface area contributed by atoms with Crippen molar-refractivity contribution in [3.8, 4) is 5.75 Å². The first-order chi connectivity index (χ1) is 9.08. The zero-order chi connectivity index (χ0) is 13.8. The number of hydrogen-bond donors (Lipinski definition) is 1. The molecule has 1 amide bonds. The van der Waals surface area contributed by atoms with Crippen molar-refractivity contribution in [1.29, 1.82) is 0 Å². The molecule has 0 bridgehead atoms. The van der Waals surface area contributed by atoms with Gasteiger partial charge in [0.2, 0.25) is 0 Å². The van der Waals surface area contributed by atoms with Crippen molar-refractivity contribution in [1.82, 2.24) is 10.2 Å². The van der Waals surface area contributed by atoms with Gasteiger partial charge in [-0.1, -0.05) is 30.0 Å². The summed E-state index contributed by atoms with van der Waals surface area (Å²) < 4.78 is 5.12. The molecule has 0 saturated carbocycles. The molecule has 0 aromatic heterocycles. The Balaban J connectivity index is 1.89. The molecule has 0 aliphatic carbocycles. The summed E-state index contributed by atoms with van der Waals surface area (Å²) >= 11 is 1.36. The van der Waals surface area contributed by atoms with E-state index in [0.717, 1.165) is 0 Å². The zero-order valence-electron chi connectivity index (χ0n) is 10.6. The molecule has 1 atom stereocenters. The monoisotopic (exact) mass is 278 g/mol. The number of ketones is 1. The minimum atomic E-state index is -0.547. The summed E-state index contributed by atoms with van der Waals surface area (Å²) in [6.07, 6.45) is -0.547. The molecule has 1 heterocycles. The third-order valence-corrected chi connectivity index (χ3v) is 3.65. The van der Waals surface area contributed by atoms with Crippen LogP contribution in [0.4, 0.5) is 4.79 Å². The van der Waals surface area contributed by atoms with Crippen molar-refractivity contribution in [2.75, 3.05) is 7.05 Å². The highest BCUT2D eigenvalue weighted by Gasteiger charge is 2.27. The van der Waals surface area contributed by atoms with Crippen LogP contribution >= 0.6 is 11.8 Å². The number of rotatable bonds is 3. The van der Waals surface area contributed by atoms with E-state index in [0.29, 0.717) is 11.4 Å². The molecule has 1 N–H and O–H groups in total. The van der Waals surface area contributed by atoms with Crippen LogP contribution in [-0.2, 0) is 4.79 Å². The Hall–Kier alpha value is -1.95. The van der Waals surface area contributed by atoms with E-state index in [-0.39, 0.29) is 11.3 Å². The summed E-state index contributed by atoms with van der Waals surface area (Å²) in [7, 11) is 1.75. The number of hydrogen-bond acceptors (Lipinski definition) is 5. The first-order valence-electron chi connectivity index (χ1n) is 5.70. The number of likely N-dealkylation sites (N-methyl/N-ethyl adjacent to an activating group) is 1. The predicted octanol–water partition coefficient (Wildman–Crippen LogP) is 2.17. The Morgan fingerprint density at radius 2 is 2.00 bits per heavy atom. The van der Waals surface area contributed by atoms with Gasteiger partial charge in [0.1, 0.15) is 5.75 Å². The Kier molecular flexibility index (Phi) is 4.11. The van der Waals surface area contributed by atoms with Gasteiger partial charge in [0.05, 0.1) is 5.70 Å². The first-order valence-corrected chi connectivity index (χ1v) is 6.65. The van der Waals surface area contributed by atoms with Crippen LogP contribution in [0.3, 0.4) is 0 Å². The Bertz CT molecular complexity index is 516. The second-order valence-corrected chi connectivity index (χ2v) is 4.96. The van der Waals surface area contributed by atoms with Crippen LogP contribution in [-0.4, -0.2) is 29.3 Å². The van der Waals surface area contributed by atoms with Crippen molar-refractivity contribution in [2.24, 2.45) is 0 Å². The number of nitrogens with zero attached hydrogens (tertiary/aromatic N) is 1. The zero-order valence-corrected chi connectivity index (χ0v) is 11.4. The largest absolute Gasteiger partial charge is 0.414 e. The first kappa shape index (κ1) is 13.5. The van der Waals surface area contributed by atoms with Gasteiger partial charge in [0.15, 0.2) is 11.3 Å². The van der Waals surface area contributed by atoms with Gasteiger partial charge in [0.25, 0.3) is 0 Å². The van der Waals surface area contributed by atoms with E-state index < -0.39 is 6.09 Å². The molecule has 0 fully saturated rings. The van der Waals surface area contributed by atoms with Crippen LogP contribution in [0.1, 0.15) is 6.92 Å². The number of ether oxygens (including phenoxy) is 1. The van der Waals surface area contributed by atoms with Crippen molar-refractivity contribution < 1.29 is 14.3 Å². The van der Waals surface area contributed by atoms with Gasteiger partial charge < -0.3 is 9.64 Å². The van der Waals surface area contributed by atoms with Gasteiger partial charge in [-0.25, -0.2) is 4.79 Å². The average Bonchev–Trinajstić information content (AvgIpc) is 2.72. The maximum atomic E-state index is 11.7. The Morgan fingerprint density at radius 3 is 2.58 bits per heavy atom. The number of Topliss-reactive ketones (excluding diaryl/α,β-unsaturated/α-hetero) is 1. The SMILES string of the molecule is CC(=O)C1=CSC(NC(=O)Oc2ccccc2)N1C. The van der Waals surface area contributed by atoms with Gasteiger partial charge in [-0.3, -0.25) is 10.1 Å². The Labute approximate surface area is 115 Å². The number of para-hydroxylation sites is 1. The lowest BCUT2D eigenvalue weighted by Gasteiger charge is -2.23. The van der Waals surface area contributed by atoms with Crippen molar-refractivity contribution in [3.05, 3.63) is 41.4 Å². The van der Waals surface area contributed by atoms with Crippen LogP contribution in [0.15, 0.2) is 41.4 Å². The molecule has 1 aliphatic rings. The van der Waals surface area contributed by atoms with E-state index in [1.165, 1.54) is 18.7 Å². The normalized spacial score (nSPS) is 17.9. The average molecular weight is 278 g/mol. The second-order valence-electron chi connectivity index (χ2n) is 4.01. The molecular formula is C13H14N2O3S. The summed E-state index contributed by atoms with van der Waals surface area (Å²) in [5.41, 5.74) is 0.255. The molecule has 0 spiro atoms. The lowest BCUT2D eigenvalue weighted by molar-refractivity contribution is -0.114. The number of benzene rings is 1. The molecule has 100 valence electrons. The number of thioether (sulfide) groups is 1. The van der Waals surface area contributed by atoms with Gasteiger partial charge in [-0.05, 0) is 12.1 Å². The minimum Gasteiger partial charge on any atom is -0.410 e. The minimum absolute atomic E-state index is 0.0317. The maximum absolute atomic E-state index is 11.7.